The van der Waals surface area contributed by atoms with Crippen LogP contribution in [-0.2, 0) is 12.8 Å². The molecule has 0 saturated heterocycles. The van der Waals surface area contributed by atoms with E-state index < -0.39 is 0 Å². The maximum Gasteiger partial charge on any atom is 0.251 e. The predicted octanol–water partition coefficient (Wildman–Crippen LogP) is 8.73. The molecule has 0 atom stereocenters. The quantitative estimate of drug-likeness (QED) is 0.119. The van der Waals surface area contributed by atoms with E-state index in [2.05, 4.69) is 82.0 Å². The number of carbonyl (C=O) groups excluding carboxylic acids is 1. The zero-order valence-electron chi connectivity index (χ0n) is 23.9. The number of nitrogens with zero attached hydrogens (tertiary/aromatic N) is 3. The molecule has 0 radical (unpaired) electrons. The van der Waals surface area contributed by atoms with Crippen LogP contribution in [0.3, 0.4) is 0 Å². The van der Waals surface area contributed by atoms with Crippen LogP contribution in [0, 0.1) is 0 Å². The van der Waals surface area contributed by atoms with Gasteiger partial charge in [-0.2, -0.15) is 0 Å². The van der Waals surface area contributed by atoms with Crippen molar-refractivity contribution in [2.45, 2.75) is 51.4 Å². The molecule has 1 amide bonds. The molecule has 220 valence electrons. The van der Waals surface area contributed by atoms with Gasteiger partial charge in [0.25, 0.3) is 5.91 Å². The van der Waals surface area contributed by atoms with Gasteiger partial charge in [0.15, 0.2) is 0 Å². The van der Waals surface area contributed by atoms with Gasteiger partial charge in [-0.1, -0.05) is 62.9 Å². The van der Waals surface area contributed by atoms with Crippen molar-refractivity contribution >= 4 is 76.8 Å². The minimum atomic E-state index is -0.0815. The average Bonchev–Trinajstić information content (AvgIpc) is 3.01. The van der Waals surface area contributed by atoms with E-state index >= 15 is 0 Å². The Balaban J connectivity index is 0.967. The standard InChI is InChI=1S/C34H34Br2N6O/c35-23-18-24(36)20-25(19-23)41-33-28-14-13-22(17-31(28)39-21-40-33)34(43)38-16-8-2-1-7-15-37-32-26-9-3-5-11-29(26)42-30-12-6-4-10-27(30)32/h3,5,9,11,13-14,17-21H,1-2,4,6-8,10,12,15-16H2,(H,37,42)(H,38,43)(H,39,40,41). The first-order valence-electron chi connectivity index (χ1n) is 15.0. The van der Waals surface area contributed by atoms with Gasteiger partial charge in [-0.3, -0.25) is 9.78 Å². The van der Waals surface area contributed by atoms with Gasteiger partial charge in [-0.15, -0.1) is 0 Å². The molecule has 0 saturated carbocycles. The second kappa shape index (κ2) is 13.8. The van der Waals surface area contributed by atoms with Gasteiger partial charge in [0.2, 0.25) is 0 Å². The summed E-state index contributed by atoms with van der Waals surface area (Å²) in [5.74, 6) is 0.607. The van der Waals surface area contributed by atoms with Crippen molar-refractivity contribution in [3.63, 3.8) is 0 Å². The fourth-order valence-electron chi connectivity index (χ4n) is 5.76. The molecule has 9 heteroatoms. The van der Waals surface area contributed by atoms with E-state index in [1.807, 2.05) is 36.4 Å². The smallest absolute Gasteiger partial charge is 0.251 e. The summed E-state index contributed by atoms with van der Waals surface area (Å²) in [6.07, 6.45) is 10.4. The monoisotopic (exact) mass is 700 g/mol. The molecule has 1 aliphatic carbocycles. The van der Waals surface area contributed by atoms with Crippen LogP contribution in [0.5, 0.6) is 0 Å². The molecule has 3 N–H and O–H groups in total. The van der Waals surface area contributed by atoms with E-state index in [1.54, 1.807) is 0 Å². The molecule has 2 heterocycles. The molecule has 0 spiro atoms. The summed E-state index contributed by atoms with van der Waals surface area (Å²) >= 11 is 7.04. The predicted molar refractivity (Wildman–Crippen MR) is 182 cm³/mol. The normalized spacial score (nSPS) is 12.7. The lowest BCUT2D eigenvalue weighted by molar-refractivity contribution is 0.0953. The van der Waals surface area contributed by atoms with E-state index in [1.165, 1.54) is 41.5 Å². The Morgan fingerprint density at radius 3 is 2.44 bits per heavy atom. The number of benzene rings is 3. The van der Waals surface area contributed by atoms with Gasteiger partial charge in [0.1, 0.15) is 12.1 Å². The highest BCUT2D eigenvalue weighted by Crippen LogP contribution is 2.33. The first-order chi connectivity index (χ1) is 21.0. The Bertz CT molecular complexity index is 1760. The largest absolute Gasteiger partial charge is 0.384 e. The molecule has 1 aliphatic rings. The van der Waals surface area contributed by atoms with Gasteiger partial charge in [-0.25, -0.2) is 9.97 Å². The van der Waals surface area contributed by atoms with E-state index in [-0.39, 0.29) is 5.91 Å². The summed E-state index contributed by atoms with van der Waals surface area (Å²) in [5, 5.41) is 12.3. The Hall–Kier alpha value is -3.56. The number of hydrogen-bond acceptors (Lipinski definition) is 6. The fourth-order valence-corrected chi connectivity index (χ4v) is 7.05. The molecule has 3 aromatic carbocycles. The number of carbonyl (C=O) groups is 1. The number of rotatable bonds is 11. The van der Waals surface area contributed by atoms with E-state index in [4.69, 9.17) is 4.98 Å². The lowest BCUT2D eigenvalue weighted by Crippen LogP contribution is -2.24. The summed E-state index contributed by atoms with van der Waals surface area (Å²) in [6, 6.07) is 20.0. The molecule has 0 bridgehead atoms. The van der Waals surface area contributed by atoms with Crippen molar-refractivity contribution in [1.29, 1.82) is 0 Å². The molecule has 7 nitrogen and oxygen atoms in total. The molecule has 2 aromatic heterocycles. The van der Waals surface area contributed by atoms with Crippen molar-refractivity contribution in [3.05, 3.63) is 92.8 Å². The van der Waals surface area contributed by atoms with Crippen LogP contribution in [0.15, 0.2) is 75.9 Å². The van der Waals surface area contributed by atoms with Gasteiger partial charge >= 0.3 is 0 Å². The zero-order valence-corrected chi connectivity index (χ0v) is 27.1. The minimum absolute atomic E-state index is 0.0815. The highest BCUT2D eigenvalue weighted by molar-refractivity contribution is 9.11. The summed E-state index contributed by atoms with van der Waals surface area (Å²) in [7, 11) is 0. The van der Waals surface area contributed by atoms with E-state index in [0.29, 0.717) is 17.9 Å². The number of hydrogen-bond donors (Lipinski definition) is 3. The average molecular weight is 702 g/mol. The first kappa shape index (κ1) is 29.5. The van der Waals surface area contributed by atoms with Crippen molar-refractivity contribution in [1.82, 2.24) is 20.3 Å². The van der Waals surface area contributed by atoms with Crippen LogP contribution in [0.1, 0.15) is 60.1 Å². The lowest BCUT2D eigenvalue weighted by atomic mass is 9.92. The third-order valence-electron chi connectivity index (χ3n) is 7.88. The number of aryl methyl sites for hydroxylation is 1. The number of nitrogens with one attached hydrogen (secondary N) is 3. The van der Waals surface area contributed by atoms with Gasteiger partial charge in [0.05, 0.1) is 11.0 Å². The van der Waals surface area contributed by atoms with Crippen molar-refractivity contribution in [3.8, 4) is 0 Å². The molecule has 43 heavy (non-hydrogen) atoms. The molecular weight excluding hydrogens is 668 g/mol. The Morgan fingerprint density at radius 1 is 0.791 bits per heavy atom. The Labute approximate surface area is 268 Å². The van der Waals surface area contributed by atoms with Crippen molar-refractivity contribution < 1.29 is 4.79 Å². The van der Waals surface area contributed by atoms with Gasteiger partial charge < -0.3 is 16.0 Å². The number of halogens is 2. The summed E-state index contributed by atoms with van der Waals surface area (Å²) < 4.78 is 1.91. The second-order valence-corrected chi connectivity index (χ2v) is 12.8. The number of para-hydroxylation sites is 1. The van der Waals surface area contributed by atoms with Gasteiger partial charge in [0, 0.05) is 55.4 Å². The third kappa shape index (κ3) is 7.16. The molecule has 5 aromatic rings. The summed E-state index contributed by atoms with van der Waals surface area (Å²) in [6.45, 7) is 1.60. The number of anilines is 3. The molecule has 0 fully saturated rings. The van der Waals surface area contributed by atoms with Crippen LogP contribution >= 0.6 is 31.9 Å². The maximum atomic E-state index is 12.9. The number of pyridine rings is 1. The molecule has 6 rings (SSSR count). The lowest BCUT2D eigenvalue weighted by Gasteiger charge is -2.21. The highest BCUT2D eigenvalue weighted by atomic mass is 79.9. The van der Waals surface area contributed by atoms with E-state index in [0.717, 1.165) is 76.1 Å². The van der Waals surface area contributed by atoms with Crippen LogP contribution in [0.2, 0.25) is 0 Å². The van der Waals surface area contributed by atoms with Crippen LogP contribution < -0.4 is 16.0 Å². The number of fused-ring (bicyclic) bond motifs is 3. The third-order valence-corrected chi connectivity index (χ3v) is 8.80. The second-order valence-electron chi connectivity index (χ2n) is 11.0. The maximum absolute atomic E-state index is 12.9. The zero-order chi connectivity index (χ0) is 29.6. The topological polar surface area (TPSA) is 91.8 Å². The summed E-state index contributed by atoms with van der Waals surface area (Å²) in [5.41, 5.74) is 7.27. The number of amides is 1. The SMILES string of the molecule is O=C(NCCCCCCNc1c2c(nc3ccccc13)CCCC2)c1ccc2c(Nc3cc(Br)cc(Br)c3)ncnc2c1. The number of unbranched alkanes of at least 4 members (excludes halogenated alkanes) is 3. The number of aromatic nitrogens is 3. The molecular formula is C34H34Br2N6O. The Kier molecular flexibility index (Phi) is 9.48. The summed E-state index contributed by atoms with van der Waals surface area (Å²) in [4.78, 5) is 26.6. The first-order valence-corrected chi connectivity index (χ1v) is 16.5. The fraction of sp³-hybridized carbons (Fsp3) is 0.294. The van der Waals surface area contributed by atoms with Gasteiger partial charge in [-0.05, 0) is 86.6 Å². The minimum Gasteiger partial charge on any atom is -0.384 e. The van der Waals surface area contributed by atoms with Crippen molar-refractivity contribution in [2.75, 3.05) is 23.7 Å². The van der Waals surface area contributed by atoms with Crippen molar-refractivity contribution in [2.24, 2.45) is 0 Å². The molecule has 0 unspecified atom stereocenters. The molecule has 0 aliphatic heterocycles. The highest BCUT2D eigenvalue weighted by Gasteiger charge is 2.17. The van der Waals surface area contributed by atoms with Crippen LogP contribution in [-0.4, -0.2) is 33.9 Å². The van der Waals surface area contributed by atoms with E-state index in [9.17, 15) is 4.79 Å². The Morgan fingerprint density at radius 2 is 1.58 bits per heavy atom. The van der Waals surface area contributed by atoms with Crippen LogP contribution in [0.25, 0.3) is 21.8 Å². The van der Waals surface area contributed by atoms with Crippen LogP contribution in [0.4, 0.5) is 17.2 Å².